The van der Waals surface area contributed by atoms with Crippen LogP contribution in [0.3, 0.4) is 0 Å². The van der Waals surface area contributed by atoms with Crippen LogP contribution in [0.4, 0.5) is 4.39 Å². The van der Waals surface area contributed by atoms with Crippen molar-refractivity contribution in [2.24, 2.45) is 0 Å². The molecule has 0 aliphatic heterocycles. The summed E-state index contributed by atoms with van der Waals surface area (Å²) in [6.45, 7) is 2.08. The van der Waals surface area contributed by atoms with Gasteiger partial charge in [-0.2, -0.15) is 0 Å². The number of thiazole rings is 1. The maximum Gasteiger partial charge on any atom is 0.182 e. The molecule has 0 bridgehead atoms. The van der Waals surface area contributed by atoms with Gasteiger partial charge >= 0.3 is 0 Å². The van der Waals surface area contributed by atoms with Gasteiger partial charge in [-0.05, 0) is 35.7 Å². The Bertz CT molecular complexity index is 709. The molecule has 0 amide bonds. The first kappa shape index (κ1) is 13.3. The Labute approximate surface area is 125 Å². The van der Waals surface area contributed by atoms with E-state index in [1.165, 1.54) is 35.2 Å². The van der Waals surface area contributed by atoms with Crippen LogP contribution in [0.2, 0.25) is 0 Å². The van der Waals surface area contributed by atoms with Gasteiger partial charge in [0.1, 0.15) is 5.82 Å². The summed E-state index contributed by atoms with van der Waals surface area (Å²) in [6, 6.07) is 4.64. The van der Waals surface area contributed by atoms with Gasteiger partial charge in [0.25, 0.3) is 0 Å². The smallest absolute Gasteiger partial charge is 0.182 e. The molecule has 0 unspecified atom stereocenters. The van der Waals surface area contributed by atoms with E-state index in [1.807, 2.05) is 0 Å². The van der Waals surface area contributed by atoms with E-state index < -0.39 is 0 Å². The summed E-state index contributed by atoms with van der Waals surface area (Å²) in [5.74, 6) is 0.755. The Kier molecular flexibility index (Phi) is 4.01. The van der Waals surface area contributed by atoms with Crippen molar-refractivity contribution in [2.75, 3.05) is 5.75 Å². The van der Waals surface area contributed by atoms with Gasteiger partial charge in [-0.25, -0.2) is 9.37 Å². The van der Waals surface area contributed by atoms with E-state index in [-0.39, 0.29) is 5.82 Å². The Hall–Kier alpha value is -0.700. The van der Waals surface area contributed by atoms with Crippen LogP contribution in [-0.2, 0) is 0 Å². The summed E-state index contributed by atoms with van der Waals surface area (Å²) < 4.78 is 16.7. The monoisotopic (exact) mass is 329 g/mol. The molecule has 3 rings (SSSR count). The van der Waals surface area contributed by atoms with E-state index in [0.29, 0.717) is 0 Å². The fourth-order valence-electron chi connectivity index (χ4n) is 1.42. The molecule has 0 saturated heterocycles. The van der Waals surface area contributed by atoms with Gasteiger partial charge in [0.15, 0.2) is 13.0 Å². The molecule has 0 fully saturated rings. The summed E-state index contributed by atoms with van der Waals surface area (Å²) in [7, 11) is 0. The molecule has 0 aliphatic rings. The van der Waals surface area contributed by atoms with Crippen molar-refractivity contribution in [1.29, 1.82) is 0 Å². The molecule has 3 aromatic rings. The zero-order valence-corrected chi connectivity index (χ0v) is 13.1. The van der Waals surface area contributed by atoms with Gasteiger partial charge in [0.2, 0.25) is 0 Å². The van der Waals surface area contributed by atoms with E-state index in [9.17, 15) is 4.39 Å². The van der Waals surface area contributed by atoms with Crippen molar-refractivity contribution in [3.63, 3.8) is 0 Å². The first-order chi connectivity index (χ1) is 9.24. The highest BCUT2D eigenvalue weighted by molar-refractivity contribution is 8.04. The van der Waals surface area contributed by atoms with E-state index in [0.717, 1.165) is 29.0 Å². The predicted molar refractivity (Wildman–Crippen MR) is 80.0 cm³/mol. The molecular formula is C11H8FN3S4. The summed E-state index contributed by atoms with van der Waals surface area (Å²) in [4.78, 5) is 4.45. The summed E-state index contributed by atoms with van der Waals surface area (Å²) in [6.07, 6.45) is 0. The van der Waals surface area contributed by atoms with Crippen LogP contribution in [0.25, 0.3) is 10.2 Å². The van der Waals surface area contributed by atoms with E-state index in [2.05, 4.69) is 22.1 Å². The molecule has 3 nitrogen and oxygen atoms in total. The number of hydrogen-bond acceptors (Lipinski definition) is 7. The van der Waals surface area contributed by atoms with Crippen LogP contribution >= 0.6 is 46.2 Å². The molecule has 0 N–H and O–H groups in total. The van der Waals surface area contributed by atoms with Crippen molar-refractivity contribution in [1.82, 2.24) is 15.2 Å². The number of rotatable bonds is 4. The molecule has 98 valence electrons. The number of hydrogen-bond donors (Lipinski definition) is 0. The van der Waals surface area contributed by atoms with Gasteiger partial charge < -0.3 is 0 Å². The van der Waals surface area contributed by atoms with Crippen molar-refractivity contribution >= 4 is 56.4 Å². The lowest BCUT2D eigenvalue weighted by Crippen LogP contribution is -1.73. The average molecular weight is 329 g/mol. The van der Waals surface area contributed by atoms with Crippen LogP contribution < -0.4 is 0 Å². The van der Waals surface area contributed by atoms with Crippen molar-refractivity contribution < 1.29 is 4.39 Å². The van der Waals surface area contributed by atoms with Crippen molar-refractivity contribution in [3.05, 3.63) is 24.0 Å². The number of aromatic nitrogens is 3. The lowest BCUT2D eigenvalue weighted by Gasteiger charge is -1.87. The topological polar surface area (TPSA) is 38.7 Å². The molecule has 19 heavy (non-hydrogen) atoms. The molecule has 0 saturated carbocycles. The third-order valence-corrected chi connectivity index (χ3v) is 6.23. The molecular weight excluding hydrogens is 321 g/mol. The molecule has 0 atom stereocenters. The summed E-state index contributed by atoms with van der Waals surface area (Å²) in [5, 5.41) is 8.22. The lowest BCUT2D eigenvalue weighted by atomic mass is 10.3. The second kappa shape index (κ2) is 5.74. The average Bonchev–Trinajstić information content (AvgIpc) is 2.96. The lowest BCUT2D eigenvalue weighted by molar-refractivity contribution is 0.630. The third kappa shape index (κ3) is 3.07. The molecule has 0 radical (unpaired) electrons. The predicted octanol–water partition coefficient (Wildman–Crippen LogP) is 4.55. The fourth-order valence-corrected chi connectivity index (χ4v) is 5.63. The Morgan fingerprint density at radius 3 is 2.84 bits per heavy atom. The van der Waals surface area contributed by atoms with E-state index in [4.69, 9.17) is 0 Å². The second-order valence-electron chi connectivity index (χ2n) is 3.46. The largest absolute Gasteiger partial charge is 0.229 e. The van der Waals surface area contributed by atoms with Crippen molar-refractivity contribution in [3.8, 4) is 0 Å². The summed E-state index contributed by atoms with van der Waals surface area (Å²) in [5.41, 5.74) is 0.821. The first-order valence-corrected chi connectivity index (χ1v) is 8.88. The highest BCUT2D eigenvalue weighted by Gasteiger charge is 2.10. The Morgan fingerprint density at radius 1 is 1.16 bits per heavy atom. The molecule has 2 heterocycles. The zero-order valence-electron chi connectivity index (χ0n) is 9.79. The van der Waals surface area contributed by atoms with Crippen LogP contribution in [0.15, 0.2) is 31.2 Å². The minimum atomic E-state index is -0.231. The standard InChI is InChI=1S/C11H8FN3S4/c1-2-16-10-14-15-11(19-10)18-9-13-7-4-3-6(12)5-8(7)17-9/h3-5H,2H2,1H3. The Balaban J connectivity index is 1.83. The van der Waals surface area contributed by atoms with E-state index >= 15 is 0 Å². The van der Waals surface area contributed by atoms with Gasteiger partial charge in [-0.3, -0.25) is 0 Å². The van der Waals surface area contributed by atoms with Crippen LogP contribution in [0.5, 0.6) is 0 Å². The highest BCUT2D eigenvalue weighted by Crippen LogP contribution is 2.37. The SMILES string of the molecule is CCSc1nnc(Sc2nc3ccc(F)cc3s2)s1. The van der Waals surface area contributed by atoms with Gasteiger partial charge in [0, 0.05) is 0 Å². The summed E-state index contributed by atoms with van der Waals surface area (Å²) >= 11 is 6.20. The molecule has 8 heteroatoms. The number of benzene rings is 1. The highest BCUT2D eigenvalue weighted by atomic mass is 32.2. The van der Waals surface area contributed by atoms with Crippen LogP contribution in [0.1, 0.15) is 6.92 Å². The fraction of sp³-hybridized carbons (Fsp3) is 0.182. The maximum absolute atomic E-state index is 13.1. The second-order valence-corrected chi connectivity index (χ2v) is 8.47. The first-order valence-electron chi connectivity index (χ1n) is 5.45. The quantitative estimate of drug-likeness (QED) is 0.657. The molecule has 0 aliphatic carbocycles. The van der Waals surface area contributed by atoms with Crippen LogP contribution in [0, 0.1) is 5.82 Å². The van der Waals surface area contributed by atoms with Crippen molar-refractivity contribution in [2.45, 2.75) is 19.9 Å². The number of thioether (sulfide) groups is 1. The van der Waals surface area contributed by atoms with Gasteiger partial charge in [-0.15, -0.1) is 21.5 Å². The zero-order chi connectivity index (χ0) is 13.2. The van der Waals surface area contributed by atoms with Gasteiger partial charge in [0.05, 0.1) is 10.2 Å². The maximum atomic E-state index is 13.1. The van der Waals surface area contributed by atoms with Gasteiger partial charge in [-0.1, -0.05) is 30.0 Å². The minimum absolute atomic E-state index is 0.231. The molecule has 2 aromatic heterocycles. The number of halogens is 1. The van der Waals surface area contributed by atoms with E-state index in [1.54, 1.807) is 29.2 Å². The molecule has 0 spiro atoms. The number of fused-ring (bicyclic) bond motifs is 1. The normalized spacial score (nSPS) is 11.3. The van der Waals surface area contributed by atoms with Crippen LogP contribution in [-0.4, -0.2) is 20.9 Å². The Morgan fingerprint density at radius 2 is 2.00 bits per heavy atom. The number of nitrogens with zero attached hydrogens (tertiary/aromatic N) is 3. The third-order valence-electron chi connectivity index (χ3n) is 2.16. The minimum Gasteiger partial charge on any atom is -0.229 e. The molecule has 1 aromatic carbocycles.